The van der Waals surface area contributed by atoms with Crippen LogP contribution in [-0.2, 0) is 21.4 Å². The van der Waals surface area contributed by atoms with Crippen molar-refractivity contribution in [3.63, 3.8) is 0 Å². The molecule has 0 radical (unpaired) electrons. The van der Waals surface area contributed by atoms with Crippen molar-refractivity contribution in [3.05, 3.63) is 42.3 Å². The molecule has 0 spiro atoms. The highest BCUT2D eigenvalue weighted by molar-refractivity contribution is 7.89. The minimum Gasteiger partial charge on any atom is -0.309 e. The third-order valence-corrected chi connectivity index (χ3v) is 6.07. The number of rotatable bonds is 5. The third-order valence-electron chi connectivity index (χ3n) is 4.19. The molecular weight excluding hydrogens is 347 g/mol. The van der Waals surface area contributed by atoms with E-state index in [2.05, 4.69) is 10.4 Å². The number of nitrogens with zero attached hydrogens (tertiary/aromatic N) is 3. The van der Waals surface area contributed by atoms with Crippen molar-refractivity contribution in [1.82, 2.24) is 14.1 Å². The fourth-order valence-electron chi connectivity index (χ4n) is 2.75. The second-order valence-corrected chi connectivity index (χ2v) is 7.79. The summed E-state index contributed by atoms with van der Waals surface area (Å²) in [6.07, 6.45) is 2.19. The number of carbonyl (C=O) groups is 1. The van der Waals surface area contributed by atoms with Crippen molar-refractivity contribution in [2.45, 2.75) is 24.8 Å². The van der Waals surface area contributed by atoms with Crippen LogP contribution in [0.2, 0.25) is 0 Å². The second-order valence-electron chi connectivity index (χ2n) is 5.85. The number of aryl methyl sites for hydroxylation is 1. The Kier molecular flexibility index (Phi) is 4.87. The summed E-state index contributed by atoms with van der Waals surface area (Å²) in [4.78, 5) is 12.4. The van der Waals surface area contributed by atoms with Crippen LogP contribution in [0.5, 0.6) is 0 Å². The normalized spacial score (nSPS) is 18.4. The molecule has 0 unspecified atom stereocenters. The number of amides is 1. The average molecular weight is 366 g/mol. The quantitative estimate of drug-likeness (QED) is 0.873. The largest absolute Gasteiger partial charge is 0.309 e. The molecule has 1 fully saturated rings. The van der Waals surface area contributed by atoms with Gasteiger partial charge < -0.3 is 5.32 Å². The topological polar surface area (TPSA) is 84.3 Å². The summed E-state index contributed by atoms with van der Waals surface area (Å²) in [6.45, 7) is 2.98. The molecule has 0 saturated carbocycles. The van der Waals surface area contributed by atoms with E-state index in [0.29, 0.717) is 18.8 Å². The standard InChI is InChI=1S/C16H19FN4O3S/c1-2-20-9-8-15(19-20)18-16(22)12-7-10-21(11-12)25(23,24)14-5-3-13(17)4-6-14/h3-6,8-9,12H,2,7,10-11H2,1H3,(H,18,19,22)/t12-/m0/s1. The lowest BCUT2D eigenvalue weighted by atomic mass is 10.1. The Morgan fingerprint density at radius 3 is 2.68 bits per heavy atom. The summed E-state index contributed by atoms with van der Waals surface area (Å²) in [6, 6.07) is 6.38. The van der Waals surface area contributed by atoms with Crippen molar-refractivity contribution >= 4 is 21.7 Å². The maximum Gasteiger partial charge on any atom is 0.243 e. The van der Waals surface area contributed by atoms with Gasteiger partial charge in [0.25, 0.3) is 0 Å². The first kappa shape index (κ1) is 17.6. The fourth-order valence-corrected chi connectivity index (χ4v) is 4.25. The Bertz CT molecular complexity index is 864. The zero-order valence-electron chi connectivity index (χ0n) is 13.7. The molecule has 9 heteroatoms. The van der Waals surface area contributed by atoms with E-state index in [4.69, 9.17) is 0 Å². The first-order valence-electron chi connectivity index (χ1n) is 8.00. The predicted molar refractivity (Wildman–Crippen MR) is 89.8 cm³/mol. The third kappa shape index (κ3) is 3.72. The van der Waals surface area contributed by atoms with Gasteiger partial charge in [-0.25, -0.2) is 12.8 Å². The molecule has 7 nitrogen and oxygen atoms in total. The molecule has 1 aliphatic rings. The van der Waals surface area contributed by atoms with Crippen LogP contribution < -0.4 is 5.32 Å². The van der Waals surface area contributed by atoms with Crippen LogP contribution >= 0.6 is 0 Å². The number of hydrogen-bond donors (Lipinski definition) is 1. The number of hydrogen-bond acceptors (Lipinski definition) is 4. The fraction of sp³-hybridized carbons (Fsp3) is 0.375. The van der Waals surface area contributed by atoms with Gasteiger partial charge in [-0.15, -0.1) is 0 Å². The molecule has 1 N–H and O–H groups in total. The molecule has 1 amide bonds. The second kappa shape index (κ2) is 6.93. The van der Waals surface area contributed by atoms with E-state index in [1.54, 1.807) is 16.9 Å². The highest BCUT2D eigenvalue weighted by Gasteiger charge is 2.36. The molecule has 0 bridgehead atoms. The zero-order chi connectivity index (χ0) is 18.0. The SMILES string of the molecule is CCn1ccc(NC(=O)[C@H]2CCN(S(=O)(=O)c3ccc(F)cc3)C2)n1. The van der Waals surface area contributed by atoms with Gasteiger partial charge in [0, 0.05) is 31.9 Å². The molecule has 1 atom stereocenters. The van der Waals surface area contributed by atoms with E-state index in [9.17, 15) is 17.6 Å². The number of sulfonamides is 1. The lowest BCUT2D eigenvalue weighted by molar-refractivity contribution is -0.119. The number of anilines is 1. The smallest absolute Gasteiger partial charge is 0.243 e. The van der Waals surface area contributed by atoms with Crippen LogP contribution in [0.15, 0.2) is 41.4 Å². The van der Waals surface area contributed by atoms with E-state index in [1.807, 2.05) is 6.92 Å². The van der Waals surface area contributed by atoms with Gasteiger partial charge in [0.2, 0.25) is 15.9 Å². The van der Waals surface area contributed by atoms with Crippen molar-refractivity contribution < 1.29 is 17.6 Å². The summed E-state index contributed by atoms with van der Waals surface area (Å²) < 4.78 is 41.1. The highest BCUT2D eigenvalue weighted by Crippen LogP contribution is 2.25. The molecule has 2 heterocycles. The van der Waals surface area contributed by atoms with Crippen LogP contribution in [-0.4, -0.2) is 41.5 Å². The Hall–Kier alpha value is -2.26. The van der Waals surface area contributed by atoms with Crippen molar-refractivity contribution in [2.75, 3.05) is 18.4 Å². The lowest BCUT2D eigenvalue weighted by Gasteiger charge is -2.16. The van der Waals surface area contributed by atoms with E-state index in [1.165, 1.54) is 16.4 Å². The van der Waals surface area contributed by atoms with E-state index < -0.39 is 21.8 Å². The van der Waals surface area contributed by atoms with Crippen LogP contribution in [0.25, 0.3) is 0 Å². The van der Waals surface area contributed by atoms with E-state index in [-0.39, 0.29) is 23.9 Å². The van der Waals surface area contributed by atoms with Gasteiger partial charge in [-0.05, 0) is 37.6 Å². The van der Waals surface area contributed by atoms with Crippen LogP contribution in [0.4, 0.5) is 10.2 Å². The average Bonchev–Trinajstić information content (AvgIpc) is 3.24. The van der Waals surface area contributed by atoms with Gasteiger partial charge in [0.05, 0.1) is 10.8 Å². The van der Waals surface area contributed by atoms with Gasteiger partial charge in [0.15, 0.2) is 5.82 Å². The van der Waals surface area contributed by atoms with Gasteiger partial charge in [-0.2, -0.15) is 9.40 Å². The number of benzene rings is 1. The minimum atomic E-state index is -3.73. The molecule has 134 valence electrons. The van der Waals surface area contributed by atoms with Crippen molar-refractivity contribution in [3.8, 4) is 0 Å². The minimum absolute atomic E-state index is 0.0247. The highest BCUT2D eigenvalue weighted by atomic mass is 32.2. The number of aromatic nitrogens is 2. The van der Waals surface area contributed by atoms with Crippen molar-refractivity contribution in [1.29, 1.82) is 0 Å². The summed E-state index contributed by atoms with van der Waals surface area (Å²) in [7, 11) is -3.73. The Morgan fingerprint density at radius 1 is 1.32 bits per heavy atom. The maximum atomic E-state index is 13.0. The van der Waals surface area contributed by atoms with Gasteiger partial charge in [-0.3, -0.25) is 9.48 Å². The predicted octanol–water partition coefficient (Wildman–Crippen LogP) is 1.69. The van der Waals surface area contributed by atoms with Crippen LogP contribution in [0.3, 0.4) is 0 Å². The molecule has 1 aromatic carbocycles. The summed E-state index contributed by atoms with van der Waals surface area (Å²) in [5.41, 5.74) is 0. The Morgan fingerprint density at radius 2 is 2.04 bits per heavy atom. The van der Waals surface area contributed by atoms with Crippen LogP contribution in [0, 0.1) is 11.7 Å². The molecule has 25 heavy (non-hydrogen) atoms. The van der Waals surface area contributed by atoms with E-state index >= 15 is 0 Å². The molecule has 0 aliphatic carbocycles. The molecule has 1 aliphatic heterocycles. The summed E-state index contributed by atoms with van der Waals surface area (Å²) in [5, 5.41) is 6.90. The zero-order valence-corrected chi connectivity index (χ0v) is 14.5. The molecular formula is C16H19FN4O3S. The monoisotopic (exact) mass is 366 g/mol. The molecule has 1 aromatic heterocycles. The lowest BCUT2D eigenvalue weighted by Crippen LogP contribution is -2.31. The Balaban J connectivity index is 1.66. The maximum absolute atomic E-state index is 13.0. The Labute approximate surface area is 145 Å². The first-order chi connectivity index (χ1) is 11.9. The number of nitrogens with one attached hydrogen (secondary N) is 1. The number of halogens is 1. The molecule has 1 saturated heterocycles. The summed E-state index contributed by atoms with van der Waals surface area (Å²) in [5.74, 6) is -0.740. The van der Waals surface area contributed by atoms with Crippen LogP contribution in [0.1, 0.15) is 13.3 Å². The van der Waals surface area contributed by atoms with Crippen molar-refractivity contribution in [2.24, 2.45) is 5.92 Å². The van der Waals surface area contributed by atoms with Gasteiger partial charge in [0.1, 0.15) is 5.82 Å². The van der Waals surface area contributed by atoms with E-state index in [0.717, 1.165) is 12.1 Å². The molecule has 3 rings (SSSR count). The first-order valence-corrected chi connectivity index (χ1v) is 9.44. The van der Waals surface area contributed by atoms with Gasteiger partial charge >= 0.3 is 0 Å². The van der Waals surface area contributed by atoms with Gasteiger partial charge in [-0.1, -0.05) is 0 Å². The number of carbonyl (C=O) groups excluding carboxylic acids is 1. The molecule has 2 aromatic rings. The summed E-state index contributed by atoms with van der Waals surface area (Å²) >= 11 is 0.